The van der Waals surface area contributed by atoms with Crippen molar-refractivity contribution in [3.63, 3.8) is 0 Å². The standard InChI is InChI=1S/C23H29NO2/c1-5-20(22-14-8-6-11-18(22)2)13-10-16-24(19(3)25)17-21-12-7-9-15-23(21)26-4/h5-9,11-12,14-15H,10,13,16-17H2,1-4H3/b20-5-. The summed E-state index contributed by atoms with van der Waals surface area (Å²) in [5, 5.41) is 0. The Hall–Kier alpha value is -2.55. The second kappa shape index (κ2) is 9.81. The molecule has 3 nitrogen and oxygen atoms in total. The van der Waals surface area contributed by atoms with Crippen LogP contribution in [0.2, 0.25) is 0 Å². The van der Waals surface area contributed by atoms with Gasteiger partial charge in [0.2, 0.25) is 5.91 Å². The number of methoxy groups -OCH3 is 1. The molecule has 0 bridgehead atoms. The predicted molar refractivity (Wildman–Crippen MR) is 108 cm³/mol. The molecular weight excluding hydrogens is 322 g/mol. The summed E-state index contributed by atoms with van der Waals surface area (Å²) in [6.45, 7) is 7.17. The highest BCUT2D eigenvalue weighted by Crippen LogP contribution is 2.24. The minimum Gasteiger partial charge on any atom is -0.496 e. The Morgan fingerprint density at radius 1 is 1.12 bits per heavy atom. The first-order valence-corrected chi connectivity index (χ1v) is 9.15. The van der Waals surface area contributed by atoms with E-state index in [0.29, 0.717) is 6.54 Å². The zero-order valence-corrected chi connectivity index (χ0v) is 16.3. The first-order chi connectivity index (χ1) is 12.6. The van der Waals surface area contributed by atoms with E-state index in [2.05, 4.69) is 44.2 Å². The van der Waals surface area contributed by atoms with Gasteiger partial charge in [0.1, 0.15) is 5.75 Å². The monoisotopic (exact) mass is 351 g/mol. The number of rotatable bonds is 8. The third-order valence-corrected chi connectivity index (χ3v) is 4.71. The SMILES string of the molecule is C/C=C(/CCCN(Cc1ccccc1OC)C(C)=O)c1ccccc1C. The van der Waals surface area contributed by atoms with Crippen LogP contribution in [0.25, 0.3) is 5.57 Å². The van der Waals surface area contributed by atoms with Crippen molar-refractivity contribution >= 4 is 11.5 Å². The molecule has 0 N–H and O–H groups in total. The number of benzene rings is 2. The van der Waals surface area contributed by atoms with Gasteiger partial charge >= 0.3 is 0 Å². The molecule has 138 valence electrons. The van der Waals surface area contributed by atoms with E-state index in [-0.39, 0.29) is 5.91 Å². The molecule has 0 spiro atoms. The molecule has 2 aromatic rings. The molecule has 2 aromatic carbocycles. The molecule has 3 heteroatoms. The lowest BCUT2D eigenvalue weighted by Crippen LogP contribution is -2.29. The van der Waals surface area contributed by atoms with Crippen molar-refractivity contribution in [2.24, 2.45) is 0 Å². The van der Waals surface area contributed by atoms with Gasteiger partial charge in [-0.3, -0.25) is 4.79 Å². The number of aryl methyl sites for hydroxylation is 1. The lowest BCUT2D eigenvalue weighted by Gasteiger charge is -2.22. The van der Waals surface area contributed by atoms with E-state index in [1.807, 2.05) is 29.2 Å². The van der Waals surface area contributed by atoms with Gasteiger partial charge in [-0.15, -0.1) is 0 Å². The van der Waals surface area contributed by atoms with Gasteiger partial charge in [-0.05, 0) is 49.5 Å². The number of carbonyl (C=O) groups is 1. The molecule has 0 aliphatic rings. The zero-order valence-electron chi connectivity index (χ0n) is 16.3. The van der Waals surface area contributed by atoms with E-state index < -0.39 is 0 Å². The second-order valence-electron chi connectivity index (χ2n) is 6.48. The summed E-state index contributed by atoms with van der Waals surface area (Å²) >= 11 is 0. The molecule has 0 saturated carbocycles. The molecule has 0 unspecified atom stereocenters. The summed E-state index contributed by atoms with van der Waals surface area (Å²) in [6.07, 6.45) is 4.07. The van der Waals surface area contributed by atoms with Crippen molar-refractivity contribution < 1.29 is 9.53 Å². The first-order valence-electron chi connectivity index (χ1n) is 9.15. The Kier molecular flexibility index (Phi) is 7.46. The number of amides is 1. The lowest BCUT2D eigenvalue weighted by atomic mass is 9.96. The van der Waals surface area contributed by atoms with Gasteiger partial charge in [-0.25, -0.2) is 0 Å². The van der Waals surface area contributed by atoms with Crippen molar-refractivity contribution in [3.05, 3.63) is 71.3 Å². The fourth-order valence-corrected chi connectivity index (χ4v) is 3.22. The molecule has 0 heterocycles. The number of hydrogen-bond acceptors (Lipinski definition) is 2. The number of ether oxygens (including phenoxy) is 1. The van der Waals surface area contributed by atoms with E-state index in [0.717, 1.165) is 30.7 Å². The fourth-order valence-electron chi connectivity index (χ4n) is 3.22. The van der Waals surface area contributed by atoms with Crippen LogP contribution in [0.1, 0.15) is 43.4 Å². The van der Waals surface area contributed by atoms with Crippen LogP contribution in [0.5, 0.6) is 5.75 Å². The summed E-state index contributed by atoms with van der Waals surface area (Å²) < 4.78 is 5.41. The molecule has 0 saturated heterocycles. The van der Waals surface area contributed by atoms with Crippen molar-refractivity contribution in [1.29, 1.82) is 0 Å². The van der Waals surface area contributed by atoms with Crippen LogP contribution in [0.3, 0.4) is 0 Å². The molecule has 0 fully saturated rings. The molecule has 0 radical (unpaired) electrons. The largest absolute Gasteiger partial charge is 0.496 e. The van der Waals surface area contributed by atoms with Gasteiger partial charge in [-0.2, -0.15) is 0 Å². The summed E-state index contributed by atoms with van der Waals surface area (Å²) in [6, 6.07) is 16.3. The molecular formula is C23H29NO2. The van der Waals surface area contributed by atoms with Crippen LogP contribution in [-0.4, -0.2) is 24.5 Å². The summed E-state index contributed by atoms with van der Waals surface area (Å²) in [5.74, 6) is 0.918. The Labute approximate surface area is 157 Å². The fraction of sp³-hybridized carbons (Fsp3) is 0.348. The van der Waals surface area contributed by atoms with Gasteiger partial charge < -0.3 is 9.64 Å². The Morgan fingerprint density at radius 3 is 2.46 bits per heavy atom. The van der Waals surface area contributed by atoms with Gasteiger partial charge in [0.25, 0.3) is 0 Å². The normalized spacial score (nSPS) is 11.3. The molecule has 0 aromatic heterocycles. The minimum atomic E-state index is 0.0915. The number of nitrogens with zero attached hydrogens (tertiary/aromatic N) is 1. The Bertz CT molecular complexity index is 764. The molecule has 1 amide bonds. The number of carbonyl (C=O) groups excluding carboxylic acids is 1. The summed E-state index contributed by atoms with van der Waals surface area (Å²) in [5.41, 5.74) is 4.96. The van der Waals surface area contributed by atoms with Crippen molar-refractivity contribution in [2.45, 2.75) is 40.2 Å². The van der Waals surface area contributed by atoms with Gasteiger partial charge in [-0.1, -0.05) is 48.5 Å². The summed E-state index contributed by atoms with van der Waals surface area (Å²) in [7, 11) is 1.66. The Balaban J connectivity index is 2.00. The molecule has 0 atom stereocenters. The van der Waals surface area contributed by atoms with Crippen LogP contribution < -0.4 is 4.74 Å². The maximum atomic E-state index is 12.1. The molecule has 2 rings (SSSR count). The maximum Gasteiger partial charge on any atom is 0.219 e. The van der Waals surface area contributed by atoms with E-state index in [9.17, 15) is 4.79 Å². The van der Waals surface area contributed by atoms with E-state index >= 15 is 0 Å². The van der Waals surface area contributed by atoms with Crippen LogP contribution in [0.15, 0.2) is 54.6 Å². The van der Waals surface area contributed by atoms with Crippen molar-refractivity contribution in [3.8, 4) is 5.75 Å². The van der Waals surface area contributed by atoms with Gasteiger partial charge in [0, 0.05) is 25.6 Å². The molecule has 0 aliphatic carbocycles. The van der Waals surface area contributed by atoms with Crippen LogP contribution in [0, 0.1) is 6.92 Å². The average Bonchev–Trinajstić information content (AvgIpc) is 2.65. The van der Waals surface area contributed by atoms with E-state index in [4.69, 9.17) is 4.74 Å². The topological polar surface area (TPSA) is 29.5 Å². The van der Waals surface area contributed by atoms with Crippen molar-refractivity contribution in [1.82, 2.24) is 4.90 Å². The maximum absolute atomic E-state index is 12.1. The zero-order chi connectivity index (χ0) is 18.9. The summed E-state index contributed by atoms with van der Waals surface area (Å²) in [4.78, 5) is 14.0. The first kappa shape index (κ1) is 19.8. The predicted octanol–water partition coefficient (Wildman–Crippen LogP) is 5.24. The number of hydrogen-bond donors (Lipinski definition) is 0. The van der Waals surface area contributed by atoms with E-state index in [1.54, 1.807) is 14.0 Å². The molecule has 0 aliphatic heterocycles. The quantitative estimate of drug-likeness (QED) is 0.651. The van der Waals surface area contributed by atoms with Crippen LogP contribution in [-0.2, 0) is 11.3 Å². The molecule has 26 heavy (non-hydrogen) atoms. The second-order valence-corrected chi connectivity index (χ2v) is 6.48. The highest BCUT2D eigenvalue weighted by Gasteiger charge is 2.13. The number of allylic oxidation sites excluding steroid dienone is 2. The minimum absolute atomic E-state index is 0.0915. The third-order valence-electron chi connectivity index (χ3n) is 4.71. The Morgan fingerprint density at radius 2 is 1.81 bits per heavy atom. The highest BCUT2D eigenvalue weighted by molar-refractivity contribution is 5.73. The van der Waals surface area contributed by atoms with Gasteiger partial charge in [0.15, 0.2) is 0 Å². The van der Waals surface area contributed by atoms with Crippen LogP contribution in [0.4, 0.5) is 0 Å². The third kappa shape index (κ3) is 5.22. The van der Waals surface area contributed by atoms with Gasteiger partial charge in [0.05, 0.1) is 7.11 Å². The highest BCUT2D eigenvalue weighted by atomic mass is 16.5. The van der Waals surface area contributed by atoms with E-state index in [1.165, 1.54) is 16.7 Å². The van der Waals surface area contributed by atoms with Crippen molar-refractivity contribution in [2.75, 3.05) is 13.7 Å². The number of para-hydroxylation sites is 1. The lowest BCUT2D eigenvalue weighted by molar-refractivity contribution is -0.129. The van der Waals surface area contributed by atoms with Crippen LogP contribution >= 0.6 is 0 Å². The smallest absolute Gasteiger partial charge is 0.219 e. The average molecular weight is 351 g/mol.